The average molecular weight is 442 g/mol. The zero-order valence-corrected chi connectivity index (χ0v) is 17.7. The second kappa shape index (κ2) is 8.80. The summed E-state index contributed by atoms with van der Waals surface area (Å²) in [5, 5.41) is 0.212. The van der Waals surface area contributed by atoms with E-state index in [4.69, 9.17) is 23.2 Å². The Bertz CT molecular complexity index is 926. The van der Waals surface area contributed by atoms with Crippen LogP contribution in [0.3, 0.4) is 0 Å². The van der Waals surface area contributed by atoms with Gasteiger partial charge in [0.05, 0.1) is 16.6 Å². The SMILES string of the molecule is CN(C(=O)CN1CCN(S(=O)(=O)c2c(Cl)cccc2Cl)CC1)c1ccccc1. The molecule has 0 radical (unpaired) electrons. The molecule has 0 aromatic heterocycles. The standard InChI is InChI=1S/C19H21Cl2N3O3S/c1-22(15-6-3-2-4-7-15)18(25)14-23-10-12-24(13-11-23)28(26,27)19-16(20)8-5-9-17(19)21/h2-9H,10-14H2,1H3. The molecule has 6 nitrogen and oxygen atoms in total. The van der Waals surface area contributed by atoms with Crippen LogP contribution >= 0.6 is 23.2 Å². The van der Waals surface area contributed by atoms with E-state index >= 15 is 0 Å². The molecule has 1 amide bonds. The zero-order valence-electron chi connectivity index (χ0n) is 15.4. The van der Waals surface area contributed by atoms with E-state index in [9.17, 15) is 13.2 Å². The Kier molecular flexibility index (Phi) is 6.62. The van der Waals surface area contributed by atoms with Gasteiger partial charge in [-0.1, -0.05) is 47.5 Å². The molecule has 0 saturated carbocycles. The number of likely N-dealkylation sites (N-methyl/N-ethyl adjacent to an activating group) is 1. The minimum atomic E-state index is -3.79. The Balaban J connectivity index is 1.62. The molecule has 0 unspecified atom stereocenters. The maximum absolute atomic E-state index is 12.9. The van der Waals surface area contributed by atoms with Crippen LogP contribution in [0.4, 0.5) is 5.69 Å². The Hall–Kier alpha value is -1.64. The van der Waals surface area contributed by atoms with Gasteiger partial charge >= 0.3 is 0 Å². The minimum absolute atomic E-state index is 0.0448. The fourth-order valence-corrected chi connectivity index (χ4v) is 5.59. The van der Waals surface area contributed by atoms with Crippen LogP contribution < -0.4 is 4.90 Å². The lowest BCUT2D eigenvalue weighted by Gasteiger charge is -2.34. The molecule has 1 fully saturated rings. The molecule has 1 saturated heterocycles. The lowest BCUT2D eigenvalue weighted by molar-refractivity contribution is -0.119. The number of halogens is 2. The largest absolute Gasteiger partial charge is 0.314 e. The van der Waals surface area contributed by atoms with Gasteiger partial charge in [0.15, 0.2) is 0 Å². The van der Waals surface area contributed by atoms with Crippen molar-refractivity contribution in [3.8, 4) is 0 Å². The number of nitrogens with zero attached hydrogens (tertiary/aromatic N) is 3. The molecule has 28 heavy (non-hydrogen) atoms. The number of piperazine rings is 1. The predicted octanol–water partition coefficient (Wildman–Crippen LogP) is 2.96. The molecule has 0 N–H and O–H groups in total. The van der Waals surface area contributed by atoms with Gasteiger partial charge in [0, 0.05) is 38.9 Å². The zero-order chi connectivity index (χ0) is 20.3. The summed E-state index contributed by atoms with van der Waals surface area (Å²) in [6, 6.07) is 14.0. The molecule has 1 aliphatic heterocycles. The van der Waals surface area contributed by atoms with Crippen LogP contribution in [-0.4, -0.2) is 63.3 Å². The van der Waals surface area contributed by atoms with Crippen molar-refractivity contribution in [1.29, 1.82) is 0 Å². The van der Waals surface area contributed by atoms with Crippen LogP contribution in [0.1, 0.15) is 0 Å². The molecular weight excluding hydrogens is 421 g/mol. The first-order valence-corrected chi connectivity index (χ1v) is 11.0. The predicted molar refractivity (Wildman–Crippen MR) is 112 cm³/mol. The number of benzene rings is 2. The number of hydrogen-bond acceptors (Lipinski definition) is 4. The van der Waals surface area contributed by atoms with E-state index in [1.165, 1.54) is 16.4 Å². The number of sulfonamides is 1. The van der Waals surface area contributed by atoms with Crippen molar-refractivity contribution in [3.05, 3.63) is 58.6 Å². The molecule has 2 aromatic carbocycles. The van der Waals surface area contributed by atoms with Gasteiger partial charge in [-0.3, -0.25) is 9.69 Å². The number of carbonyl (C=O) groups excluding carboxylic acids is 1. The second-order valence-electron chi connectivity index (χ2n) is 6.52. The van der Waals surface area contributed by atoms with Gasteiger partial charge in [-0.25, -0.2) is 8.42 Å². The molecule has 0 bridgehead atoms. The summed E-state index contributed by atoms with van der Waals surface area (Å²) in [4.78, 5) is 16.0. The fraction of sp³-hybridized carbons (Fsp3) is 0.316. The van der Waals surface area contributed by atoms with Gasteiger partial charge in [-0.2, -0.15) is 4.31 Å². The van der Waals surface area contributed by atoms with Crippen LogP contribution in [0.25, 0.3) is 0 Å². The van der Waals surface area contributed by atoms with Crippen molar-refractivity contribution >= 4 is 44.8 Å². The number of amides is 1. The van der Waals surface area contributed by atoms with Gasteiger partial charge in [-0.05, 0) is 24.3 Å². The third-order valence-electron chi connectivity index (χ3n) is 4.72. The summed E-state index contributed by atoms with van der Waals surface area (Å²) >= 11 is 12.1. The summed E-state index contributed by atoms with van der Waals surface area (Å²) in [7, 11) is -2.05. The van der Waals surface area contributed by atoms with Crippen molar-refractivity contribution in [2.75, 3.05) is 44.7 Å². The molecular formula is C19H21Cl2N3O3S. The van der Waals surface area contributed by atoms with Crippen molar-refractivity contribution in [2.45, 2.75) is 4.90 Å². The first kappa shape index (κ1) is 21.1. The van der Waals surface area contributed by atoms with Crippen molar-refractivity contribution in [2.24, 2.45) is 0 Å². The lowest BCUT2D eigenvalue weighted by Crippen LogP contribution is -2.51. The molecule has 0 spiro atoms. The van der Waals surface area contributed by atoms with E-state index in [-0.39, 0.29) is 40.5 Å². The number of carbonyl (C=O) groups is 1. The Morgan fingerprint density at radius 2 is 1.54 bits per heavy atom. The molecule has 0 atom stereocenters. The van der Waals surface area contributed by atoms with E-state index < -0.39 is 10.0 Å². The third kappa shape index (κ3) is 4.50. The average Bonchev–Trinajstić information content (AvgIpc) is 2.68. The maximum Gasteiger partial charge on any atom is 0.246 e. The Labute approximate surface area is 175 Å². The summed E-state index contributed by atoms with van der Waals surface area (Å²) in [6.07, 6.45) is 0. The molecule has 1 aliphatic rings. The van der Waals surface area contributed by atoms with E-state index in [0.29, 0.717) is 13.1 Å². The number of rotatable bonds is 5. The molecule has 2 aromatic rings. The number of anilines is 1. The van der Waals surface area contributed by atoms with E-state index in [2.05, 4.69) is 0 Å². The smallest absolute Gasteiger partial charge is 0.246 e. The third-order valence-corrected chi connectivity index (χ3v) is 7.58. The van der Waals surface area contributed by atoms with E-state index in [1.54, 1.807) is 18.0 Å². The van der Waals surface area contributed by atoms with Crippen LogP contribution in [-0.2, 0) is 14.8 Å². The van der Waals surface area contributed by atoms with Crippen LogP contribution in [0, 0.1) is 0 Å². The first-order chi connectivity index (χ1) is 13.3. The highest BCUT2D eigenvalue weighted by Crippen LogP contribution is 2.31. The highest BCUT2D eigenvalue weighted by atomic mass is 35.5. The van der Waals surface area contributed by atoms with Crippen molar-refractivity contribution in [3.63, 3.8) is 0 Å². The highest BCUT2D eigenvalue weighted by molar-refractivity contribution is 7.89. The second-order valence-corrected chi connectivity index (χ2v) is 9.21. The molecule has 0 aliphatic carbocycles. The molecule has 1 heterocycles. The molecule has 9 heteroatoms. The summed E-state index contributed by atoms with van der Waals surface area (Å²) in [5.74, 6) is -0.0448. The normalized spacial score (nSPS) is 16.1. The van der Waals surface area contributed by atoms with Crippen molar-refractivity contribution < 1.29 is 13.2 Å². The van der Waals surface area contributed by atoms with Crippen LogP contribution in [0.15, 0.2) is 53.4 Å². The first-order valence-electron chi connectivity index (χ1n) is 8.79. The van der Waals surface area contributed by atoms with Gasteiger partial charge < -0.3 is 4.90 Å². The van der Waals surface area contributed by atoms with Gasteiger partial charge in [0.25, 0.3) is 0 Å². The summed E-state index contributed by atoms with van der Waals surface area (Å²) in [6.45, 7) is 1.68. The van der Waals surface area contributed by atoms with Crippen LogP contribution in [0.5, 0.6) is 0 Å². The molecule has 3 rings (SSSR count). The van der Waals surface area contributed by atoms with Gasteiger partial charge in [0.2, 0.25) is 15.9 Å². The lowest BCUT2D eigenvalue weighted by atomic mass is 10.3. The van der Waals surface area contributed by atoms with Crippen LogP contribution in [0.2, 0.25) is 10.0 Å². The number of para-hydroxylation sites is 1. The summed E-state index contributed by atoms with van der Waals surface area (Å²) in [5.41, 5.74) is 0.821. The van der Waals surface area contributed by atoms with Gasteiger partial charge in [-0.15, -0.1) is 0 Å². The minimum Gasteiger partial charge on any atom is -0.314 e. The fourth-order valence-electron chi connectivity index (χ4n) is 3.08. The Morgan fingerprint density at radius 3 is 2.11 bits per heavy atom. The van der Waals surface area contributed by atoms with E-state index in [0.717, 1.165) is 5.69 Å². The quantitative estimate of drug-likeness (QED) is 0.715. The topological polar surface area (TPSA) is 60.9 Å². The van der Waals surface area contributed by atoms with Gasteiger partial charge in [0.1, 0.15) is 4.90 Å². The monoisotopic (exact) mass is 441 g/mol. The number of hydrogen-bond donors (Lipinski definition) is 0. The maximum atomic E-state index is 12.9. The van der Waals surface area contributed by atoms with E-state index in [1.807, 2.05) is 35.2 Å². The Morgan fingerprint density at radius 1 is 0.964 bits per heavy atom. The highest BCUT2D eigenvalue weighted by Gasteiger charge is 2.32. The van der Waals surface area contributed by atoms with Crippen molar-refractivity contribution in [1.82, 2.24) is 9.21 Å². The summed E-state index contributed by atoms with van der Waals surface area (Å²) < 4.78 is 27.2. The molecule has 150 valence electrons.